The average molecular weight is 399 g/mol. The van der Waals surface area contributed by atoms with Crippen molar-refractivity contribution in [2.75, 3.05) is 47.1 Å². The number of amides is 1. The number of methoxy groups -OCH3 is 2. The van der Waals surface area contributed by atoms with Crippen molar-refractivity contribution in [1.82, 2.24) is 10.2 Å². The molecule has 1 saturated heterocycles. The standard InChI is InChI=1S/C23H30N2O4/c1-27-20-14-18(15-21(16-20)28-2)8-9-23(26)24-17-22(19-6-4-3-5-7-19)25-10-12-29-13-11-25/h3-7,14-16,22H,8-13,17H2,1-2H3,(H,24,26). The third kappa shape index (κ3) is 6.21. The summed E-state index contributed by atoms with van der Waals surface area (Å²) in [7, 11) is 3.25. The zero-order valence-corrected chi connectivity index (χ0v) is 17.2. The smallest absolute Gasteiger partial charge is 0.220 e. The molecule has 1 amide bonds. The van der Waals surface area contributed by atoms with E-state index in [2.05, 4.69) is 22.3 Å². The van der Waals surface area contributed by atoms with E-state index in [0.29, 0.717) is 19.4 Å². The zero-order valence-electron chi connectivity index (χ0n) is 17.2. The monoisotopic (exact) mass is 398 g/mol. The molecule has 2 aromatic carbocycles. The van der Waals surface area contributed by atoms with Crippen LogP contribution in [-0.2, 0) is 16.0 Å². The highest BCUT2D eigenvalue weighted by molar-refractivity contribution is 5.76. The molecule has 0 saturated carbocycles. The maximum Gasteiger partial charge on any atom is 0.220 e. The third-order valence-corrected chi connectivity index (χ3v) is 5.22. The summed E-state index contributed by atoms with van der Waals surface area (Å²) in [6.45, 7) is 3.80. The van der Waals surface area contributed by atoms with E-state index in [1.54, 1.807) is 14.2 Å². The van der Waals surface area contributed by atoms with Gasteiger partial charge in [-0.3, -0.25) is 9.69 Å². The predicted octanol–water partition coefficient (Wildman–Crippen LogP) is 2.83. The number of hydrogen-bond donors (Lipinski definition) is 1. The van der Waals surface area contributed by atoms with Crippen molar-refractivity contribution in [3.8, 4) is 11.5 Å². The summed E-state index contributed by atoms with van der Waals surface area (Å²) in [6.07, 6.45) is 1.05. The quantitative estimate of drug-likeness (QED) is 0.704. The number of rotatable bonds is 9. The molecule has 2 aromatic rings. The molecule has 1 fully saturated rings. The third-order valence-electron chi connectivity index (χ3n) is 5.22. The largest absolute Gasteiger partial charge is 0.497 e. The Balaban J connectivity index is 1.57. The summed E-state index contributed by atoms with van der Waals surface area (Å²) in [6, 6.07) is 16.2. The molecule has 0 aliphatic carbocycles. The maximum atomic E-state index is 12.5. The molecular weight excluding hydrogens is 368 g/mol. The number of carbonyl (C=O) groups is 1. The number of hydrogen-bond acceptors (Lipinski definition) is 5. The number of carbonyl (C=O) groups excluding carboxylic acids is 1. The highest BCUT2D eigenvalue weighted by atomic mass is 16.5. The molecule has 1 atom stereocenters. The number of morpholine rings is 1. The van der Waals surface area contributed by atoms with Gasteiger partial charge in [0.15, 0.2) is 0 Å². The number of ether oxygens (including phenoxy) is 3. The predicted molar refractivity (Wildman–Crippen MR) is 112 cm³/mol. The summed E-state index contributed by atoms with van der Waals surface area (Å²) < 4.78 is 16.1. The van der Waals surface area contributed by atoms with Gasteiger partial charge in [-0.2, -0.15) is 0 Å². The molecule has 0 radical (unpaired) electrons. The molecule has 6 heteroatoms. The van der Waals surface area contributed by atoms with Crippen molar-refractivity contribution >= 4 is 5.91 Å². The Morgan fingerprint density at radius 1 is 1.07 bits per heavy atom. The molecule has 1 aliphatic rings. The lowest BCUT2D eigenvalue weighted by atomic mass is 10.0. The molecule has 1 aliphatic heterocycles. The van der Waals surface area contributed by atoms with Gasteiger partial charge in [-0.1, -0.05) is 30.3 Å². The van der Waals surface area contributed by atoms with Crippen LogP contribution in [0.2, 0.25) is 0 Å². The fourth-order valence-corrected chi connectivity index (χ4v) is 3.59. The molecule has 0 bridgehead atoms. The zero-order chi connectivity index (χ0) is 20.5. The van der Waals surface area contributed by atoms with Crippen LogP contribution in [-0.4, -0.2) is 57.9 Å². The summed E-state index contributed by atoms with van der Waals surface area (Å²) in [5.74, 6) is 1.51. The summed E-state index contributed by atoms with van der Waals surface area (Å²) in [5.41, 5.74) is 2.23. The number of nitrogens with one attached hydrogen (secondary N) is 1. The lowest BCUT2D eigenvalue weighted by Crippen LogP contribution is -2.43. The maximum absolute atomic E-state index is 12.5. The van der Waals surface area contributed by atoms with E-state index < -0.39 is 0 Å². The van der Waals surface area contributed by atoms with Crippen molar-refractivity contribution in [2.24, 2.45) is 0 Å². The van der Waals surface area contributed by atoms with Crippen LogP contribution in [0.25, 0.3) is 0 Å². The molecule has 3 rings (SSSR count). The minimum absolute atomic E-state index is 0.0426. The van der Waals surface area contributed by atoms with Crippen LogP contribution in [0.15, 0.2) is 48.5 Å². The van der Waals surface area contributed by atoms with Crippen molar-refractivity contribution in [2.45, 2.75) is 18.9 Å². The number of benzene rings is 2. The Bertz CT molecular complexity index is 753. The van der Waals surface area contributed by atoms with Crippen molar-refractivity contribution in [3.63, 3.8) is 0 Å². The SMILES string of the molecule is COc1cc(CCC(=O)NCC(c2ccccc2)N2CCOCC2)cc(OC)c1. The van der Waals surface area contributed by atoms with Crippen LogP contribution in [0, 0.1) is 0 Å². The van der Waals surface area contributed by atoms with E-state index in [4.69, 9.17) is 14.2 Å². The molecule has 6 nitrogen and oxygen atoms in total. The van der Waals surface area contributed by atoms with Gasteiger partial charge in [0.2, 0.25) is 5.91 Å². The van der Waals surface area contributed by atoms with Crippen LogP contribution in [0.3, 0.4) is 0 Å². The van der Waals surface area contributed by atoms with Crippen LogP contribution < -0.4 is 14.8 Å². The van der Waals surface area contributed by atoms with Crippen LogP contribution in [0.5, 0.6) is 11.5 Å². The van der Waals surface area contributed by atoms with E-state index in [1.165, 1.54) is 5.56 Å². The van der Waals surface area contributed by atoms with E-state index in [0.717, 1.165) is 43.4 Å². The first kappa shape index (κ1) is 21.1. The Morgan fingerprint density at radius 3 is 2.34 bits per heavy atom. The Hall–Kier alpha value is -2.57. The lowest BCUT2D eigenvalue weighted by Gasteiger charge is -2.35. The topological polar surface area (TPSA) is 60.0 Å². The number of nitrogens with zero attached hydrogens (tertiary/aromatic N) is 1. The van der Waals surface area contributed by atoms with Gasteiger partial charge in [0, 0.05) is 32.1 Å². The summed E-state index contributed by atoms with van der Waals surface area (Å²) in [5, 5.41) is 3.12. The normalized spacial score (nSPS) is 15.5. The second kappa shape index (κ2) is 10.8. The minimum atomic E-state index is 0.0426. The van der Waals surface area contributed by atoms with Crippen molar-refractivity contribution < 1.29 is 19.0 Å². The first-order chi connectivity index (χ1) is 14.2. The number of aryl methyl sites for hydroxylation is 1. The first-order valence-corrected chi connectivity index (χ1v) is 10.0. The van der Waals surface area contributed by atoms with E-state index >= 15 is 0 Å². The Morgan fingerprint density at radius 2 is 1.72 bits per heavy atom. The highest BCUT2D eigenvalue weighted by Crippen LogP contribution is 2.24. The van der Waals surface area contributed by atoms with Gasteiger partial charge in [0.1, 0.15) is 11.5 Å². The van der Waals surface area contributed by atoms with E-state index in [-0.39, 0.29) is 11.9 Å². The van der Waals surface area contributed by atoms with Crippen LogP contribution in [0.1, 0.15) is 23.6 Å². The molecule has 1 heterocycles. The van der Waals surface area contributed by atoms with Crippen molar-refractivity contribution in [1.29, 1.82) is 0 Å². The second-order valence-corrected chi connectivity index (χ2v) is 7.10. The summed E-state index contributed by atoms with van der Waals surface area (Å²) in [4.78, 5) is 14.9. The molecule has 0 spiro atoms. The van der Waals surface area contributed by atoms with Gasteiger partial charge in [-0.25, -0.2) is 0 Å². The van der Waals surface area contributed by atoms with Crippen LogP contribution in [0.4, 0.5) is 0 Å². The average Bonchev–Trinajstić information content (AvgIpc) is 2.79. The minimum Gasteiger partial charge on any atom is -0.497 e. The highest BCUT2D eigenvalue weighted by Gasteiger charge is 2.23. The van der Waals surface area contributed by atoms with Crippen LogP contribution >= 0.6 is 0 Å². The molecule has 156 valence electrons. The first-order valence-electron chi connectivity index (χ1n) is 10.0. The molecular formula is C23H30N2O4. The van der Waals surface area contributed by atoms with E-state index in [9.17, 15) is 4.79 Å². The van der Waals surface area contributed by atoms with Gasteiger partial charge in [0.25, 0.3) is 0 Å². The Labute approximate surface area is 172 Å². The summed E-state index contributed by atoms with van der Waals surface area (Å²) >= 11 is 0. The van der Waals surface area contributed by atoms with Gasteiger partial charge < -0.3 is 19.5 Å². The molecule has 29 heavy (non-hydrogen) atoms. The fourth-order valence-electron chi connectivity index (χ4n) is 3.59. The second-order valence-electron chi connectivity index (χ2n) is 7.10. The fraction of sp³-hybridized carbons (Fsp3) is 0.435. The van der Waals surface area contributed by atoms with Gasteiger partial charge in [0.05, 0.1) is 33.5 Å². The molecule has 1 N–H and O–H groups in total. The van der Waals surface area contributed by atoms with E-state index in [1.807, 2.05) is 36.4 Å². The molecule has 1 unspecified atom stereocenters. The molecule has 0 aromatic heterocycles. The Kier molecular flexibility index (Phi) is 7.90. The van der Waals surface area contributed by atoms with Crippen molar-refractivity contribution in [3.05, 3.63) is 59.7 Å². The van der Waals surface area contributed by atoms with Gasteiger partial charge >= 0.3 is 0 Å². The lowest BCUT2D eigenvalue weighted by molar-refractivity contribution is -0.121. The van der Waals surface area contributed by atoms with Gasteiger partial charge in [-0.05, 0) is 29.7 Å². The van der Waals surface area contributed by atoms with Gasteiger partial charge in [-0.15, -0.1) is 0 Å².